The molecule has 106 valence electrons. The van der Waals surface area contributed by atoms with Gasteiger partial charge in [0.25, 0.3) is 0 Å². The molecule has 0 saturated carbocycles. The SMILES string of the molecule is CCNC(c1ccc(Br)cc1C)c1ccc(Cl)cc1Cl. The zero-order valence-electron chi connectivity index (χ0n) is 11.4. The van der Waals surface area contributed by atoms with Crippen LogP contribution in [-0.4, -0.2) is 6.54 Å². The van der Waals surface area contributed by atoms with Gasteiger partial charge in [-0.2, -0.15) is 0 Å². The zero-order chi connectivity index (χ0) is 14.7. The van der Waals surface area contributed by atoms with Crippen molar-refractivity contribution < 1.29 is 0 Å². The van der Waals surface area contributed by atoms with Gasteiger partial charge in [-0.25, -0.2) is 0 Å². The number of nitrogens with one attached hydrogen (secondary N) is 1. The zero-order valence-corrected chi connectivity index (χ0v) is 14.5. The molecule has 0 heterocycles. The van der Waals surface area contributed by atoms with Gasteiger partial charge in [-0.1, -0.05) is 58.2 Å². The van der Waals surface area contributed by atoms with Gasteiger partial charge in [0.1, 0.15) is 0 Å². The number of hydrogen-bond acceptors (Lipinski definition) is 1. The maximum Gasteiger partial charge on any atom is 0.0594 e. The van der Waals surface area contributed by atoms with Gasteiger partial charge >= 0.3 is 0 Å². The predicted molar refractivity (Wildman–Crippen MR) is 90.9 cm³/mol. The van der Waals surface area contributed by atoms with Crippen molar-refractivity contribution in [2.24, 2.45) is 0 Å². The fraction of sp³-hybridized carbons (Fsp3) is 0.250. The van der Waals surface area contributed by atoms with E-state index in [2.05, 4.69) is 53.3 Å². The molecule has 0 saturated heterocycles. The Hall–Kier alpha value is -0.540. The van der Waals surface area contributed by atoms with Gasteiger partial charge in [-0.3, -0.25) is 0 Å². The van der Waals surface area contributed by atoms with Crippen molar-refractivity contribution in [3.05, 3.63) is 67.6 Å². The molecule has 2 rings (SSSR count). The first kappa shape index (κ1) is 15.8. The first-order chi connectivity index (χ1) is 9.52. The predicted octanol–water partition coefficient (Wildman–Crippen LogP) is 5.76. The Labute approximate surface area is 138 Å². The molecule has 0 spiro atoms. The molecule has 0 amide bonds. The van der Waals surface area contributed by atoms with Gasteiger partial charge in [-0.15, -0.1) is 0 Å². The molecule has 0 radical (unpaired) electrons. The van der Waals surface area contributed by atoms with Crippen LogP contribution in [0.1, 0.15) is 29.7 Å². The summed E-state index contributed by atoms with van der Waals surface area (Å²) in [6.45, 7) is 5.05. The van der Waals surface area contributed by atoms with E-state index in [-0.39, 0.29) is 6.04 Å². The van der Waals surface area contributed by atoms with Gasteiger partial charge in [0.2, 0.25) is 0 Å². The second-order valence-corrected chi connectivity index (χ2v) is 6.42. The minimum absolute atomic E-state index is 0.0675. The smallest absolute Gasteiger partial charge is 0.0594 e. The molecule has 2 aromatic rings. The topological polar surface area (TPSA) is 12.0 Å². The average molecular weight is 373 g/mol. The van der Waals surface area contributed by atoms with Crippen LogP contribution in [0.3, 0.4) is 0 Å². The summed E-state index contributed by atoms with van der Waals surface area (Å²) in [5, 5.41) is 4.83. The third-order valence-corrected chi connectivity index (χ3v) is 4.28. The molecule has 0 aromatic heterocycles. The molecule has 1 N–H and O–H groups in total. The summed E-state index contributed by atoms with van der Waals surface area (Å²) < 4.78 is 1.08. The summed E-state index contributed by atoms with van der Waals surface area (Å²) >= 11 is 15.8. The standard InChI is InChI=1S/C16H16BrCl2N/c1-3-20-16(13-6-4-11(17)8-10(13)2)14-7-5-12(18)9-15(14)19/h4-9,16,20H,3H2,1-2H3. The summed E-state index contributed by atoms with van der Waals surface area (Å²) in [7, 11) is 0. The fourth-order valence-electron chi connectivity index (χ4n) is 2.29. The molecule has 4 heteroatoms. The average Bonchev–Trinajstić information content (AvgIpc) is 2.37. The van der Waals surface area contributed by atoms with Crippen molar-refractivity contribution in [3.8, 4) is 0 Å². The van der Waals surface area contributed by atoms with Gasteiger partial charge in [0.05, 0.1) is 6.04 Å². The van der Waals surface area contributed by atoms with Crippen LogP contribution in [0.2, 0.25) is 10.0 Å². The van der Waals surface area contributed by atoms with Gasteiger partial charge in [0, 0.05) is 14.5 Å². The summed E-state index contributed by atoms with van der Waals surface area (Å²) in [5.41, 5.74) is 3.49. The quantitative estimate of drug-likeness (QED) is 0.718. The van der Waals surface area contributed by atoms with Crippen LogP contribution >= 0.6 is 39.1 Å². The third kappa shape index (κ3) is 3.56. The lowest BCUT2D eigenvalue weighted by molar-refractivity contribution is 0.628. The number of benzene rings is 2. The summed E-state index contributed by atoms with van der Waals surface area (Å²) in [4.78, 5) is 0. The van der Waals surface area contributed by atoms with Crippen LogP contribution in [0.5, 0.6) is 0 Å². The Morgan fingerprint density at radius 3 is 2.40 bits per heavy atom. The monoisotopic (exact) mass is 371 g/mol. The Balaban J connectivity index is 2.50. The van der Waals surface area contributed by atoms with Gasteiger partial charge < -0.3 is 5.32 Å². The highest BCUT2D eigenvalue weighted by atomic mass is 79.9. The molecule has 0 aliphatic heterocycles. The lowest BCUT2D eigenvalue weighted by Gasteiger charge is -2.22. The molecule has 1 unspecified atom stereocenters. The largest absolute Gasteiger partial charge is 0.306 e. The van der Waals surface area contributed by atoms with E-state index in [0.29, 0.717) is 10.0 Å². The van der Waals surface area contributed by atoms with Crippen molar-refractivity contribution in [1.82, 2.24) is 5.32 Å². The van der Waals surface area contributed by atoms with E-state index in [1.54, 1.807) is 6.07 Å². The van der Waals surface area contributed by atoms with Crippen molar-refractivity contribution in [2.75, 3.05) is 6.54 Å². The first-order valence-corrected chi connectivity index (χ1v) is 8.02. The van der Waals surface area contributed by atoms with E-state index < -0.39 is 0 Å². The minimum Gasteiger partial charge on any atom is -0.306 e. The molecule has 1 atom stereocenters. The number of hydrogen-bond donors (Lipinski definition) is 1. The second kappa shape index (κ2) is 6.95. The van der Waals surface area contributed by atoms with E-state index >= 15 is 0 Å². The Kier molecular flexibility index (Phi) is 5.50. The lowest BCUT2D eigenvalue weighted by atomic mass is 9.95. The van der Waals surface area contributed by atoms with E-state index in [1.165, 1.54) is 11.1 Å². The van der Waals surface area contributed by atoms with Crippen molar-refractivity contribution >= 4 is 39.1 Å². The Morgan fingerprint density at radius 1 is 1.10 bits per heavy atom. The van der Waals surface area contributed by atoms with E-state index in [0.717, 1.165) is 16.6 Å². The van der Waals surface area contributed by atoms with Gasteiger partial charge in [-0.05, 0) is 54.4 Å². The van der Waals surface area contributed by atoms with Crippen LogP contribution < -0.4 is 5.32 Å². The molecular formula is C16H16BrCl2N. The number of aryl methyl sites for hydroxylation is 1. The van der Waals surface area contributed by atoms with Gasteiger partial charge in [0.15, 0.2) is 0 Å². The maximum absolute atomic E-state index is 6.36. The van der Waals surface area contributed by atoms with Crippen molar-refractivity contribution in [3.63, 3.8) is 0 Å². The molecule has 20 heavy (non-hydrogen) atoms. The Bertz CT molecular complexity index is 562. The van der Waals surface area contributed by atoms with Crippen LogP contribution in [0, 0.1) is 6.92 Å². The highest BCUT2D eigenvalue weighted by Crippen LogP contribution is 2.32. The van der Waals surface area contributed by atoms with E-state index in [1.807, 2.05) is 12.1 Å². The normalized spacial score (nSPS) is 12.4. The van der Waals surface area contributed by atoms with Crippen molar-refractivity contribution in [1.29, 1.82) is 0 Å². The van der Waals surface area contributed by atoms with Crippen LogP contribution in [0.15, 0.2) is 40.9 Å². The van der Waals surface area contributed by atoms with E-state index in [4.69, 9.17) is 23.2 Å². The van der Waals surface area contributed by atoms with Crippen molar-refractivity contribution in [2.45, 2.75) is 19.9 Å². The lowest BCUT2D eigenvalue weighted by Crippen LogP contribution is -2.23. The fourth-order valence-corrected chi connectivity index (χ4v) is 3.28. The molecule has 0 aliphatic carbocycles. The molecule has 0 fully saturated rings. The Morgan fingerprint density at radius 2 is 1.80 bits per heavy atom. The highest BCUT2D eigenvalue weighted by Gasteiger charge is 2.18. The van der Waals surface area contributed by atoms with Crippen LogP contribution in [0.4, 0.5) is 0 Å². The highest BCUT2D eigenvalue weighted by molar-refractivity contribution is 9.10. The van der Waals surface area contributed by atoms with Crippen LogP contribution in [0.25, 0.3) is 0 Å². The molecule has 2 aromatic carbocycles. The van der Waals surface area contributed by atoms with E-state index in [9.17, 15) is 0 Å². The first-order valence-electron chi connectivity index (χ1n) is 6.47. The third-order valence-electron chi connectivity index (χ3n) is 3.22. The van der Waals surface area contributed by atoms with Crippen LogP contribution in [-0.2, 0) is 0 Å². The number of halogens is 3. The summed E-state index contributed by atoms with van der Waals surface area (Å²) in [6, 6.07) is 12.0. The second-order valence-electron chi connectivity index (χ2n) is 4.66. The molecule has 0 aliphatic rings. The minimum atomic E-state index is 0.0675. The summed E-state index contributed by atoms with van der Waals surface area (Å²) in [6.07, 6.45) is 0. The summed E-state index contributed by atoms with van der Waals surface area (Å²) in [5.74, 6) is 0. The molecule has 1 nitrogen and oxygen atoms in total. The molecular weight excluding hydrogens is 357 g/mol. The maximum atomic E-state index is 6.36. The number of rotatable bonds is 4. The molecule has 0 bridgehead atoms.